The summed E-state index contributed by atoms with van der Waals surface area (Å²) < 4.78 is 30.9. The van der Waals surface area contributed by atoms with Gasteiger partial charge in [0.15, 0.2) is 6.23 Å². The highest BCUT2D eigenvalue weighted by atomic mass is 31.2. The number of ether oxygens (including phenoxy) is 3. The van der Waals surface area contributed by atoms with Gasteiger partial charge in [-0.05, 0) is 38.8 Å². The number of nitrogens with two attached hydrogens (primary N) is 1. The topological polar surface area (TPSA) is 204 Å². The smallest absolute Gasteiger partial charge is 0.351 e. The van der Waals surface area contributed by atoms with Crippen molar-refractivity contribution >= 4 is 25.2 Å². The van der Waals surface area contributed by atoms with Crippen molar-refractivity contribution < 1.29 is 38.6 Å². The summed E-state index contributed by atoms with van der Waals surface area (Å²) in [5.74, 6) is -0.172. The van der Waals surface area contributed by atoms with Crippen LogP contribution < -0.4 is 21.6 Å². The van der Waals surface area contributed by atoms with Gasteiger partial charge in [-0.3, -0.25) is 18.7 Å². The number of nitrogens with zero attached hydrogens (tertiary/aromatic N) is 2. The first-order valence-electron chi connectivity index (χ1n) is 13.0. The van der Waals surface area contributed by atoms with Crippen molar-refractivity contribution in [1.29, 1.82) is 0 Å². The lowest BCUT2D eigenvalue weighted by molar-refractivity contribution is -0.145. The second-order valence-electron chi connectivity index (χ2n) is 9.26. The van der Waals surface area contributed by atoms with Crippen LogP contribution in [-0.2, 0) is 28.4 Å². The third kappa shape index (κ3) is 9.52. The van der Waals surface area contributed by atoms with Gasteiger partial charge in [-0.1, -0.05) is 26.7 Å². The SMILES string of the molecule is CCCCOC(=O)[C@H](C)NP(=O)(/C=C/[C@H]1O[C@@H](n2ccc(N)nc2=O)[C@H](O)[C@@H]1O)N[C@@H](C)C(=O)OCCCC. The summed E-state index contributed by atoms with van der Waals surface area (Å²) in [6.07, 6.45) is -0.0582. The lowest BCUT2D eigenvalue weighted by Gasteiger charge is -2.24. The van der Waals surface area contributed by atoms with Gasteiger partial charge in [-0.25, -0.2) is 15.0 Å². The fourth-order valence-electron chi connectivity index (χ4n) is 3.59. The number of hydrogen-bond donors (Lipinski definition) is 5. The number of anilines is 1. The van der Waals surface area contributed by atoms with Gasteiger partial charge in [-0.2, -0.15) is 4.98 Å². The molecule has 2 heterocycles. The van der Waals surface area contributed by atoms with Crippen LogP contribution in [0.25, 0.3) is 0 Å². The van der Waals surface area contributed by atoms with Crippen molar-refractivity contribution in [2.45, 2.75) is 90.0 Å². The number of esters is 2. The molecule has 0 radical (unpaired) electrons. The number of carbonyl (C=O) groups is 2. The second kappa shape index (κ2) is 15.2. The fraction of sp³-hybridized carbons (Fsp3) is 0.667. The van der Waals surface area contributed by atoms with Crippen LogP contribution in [0.2, 0.25) is 0 Å². The van der Waals surface area contributed by atoms with E-state index in [4.69, 9.17) is 19.9 Å². The van der Waals surface area contributed by atoms with E-state index in [9.17, 15) is 29.2 Å². The Balaban J connectivity index is 2.23. The van der Waals surface area contributed by atoms with Crippen LogP contribution in [0.1, 0.15) is 59.6 Å². The molecule has 6 N–H and O–H groups in total. The summed E-state index contributed by atoms with van der Waals surface area (Å²) in [6, 6.07) is -0.725. The maximum absolute atomic E-state index is 13.9. The highest BCUT2D eigenvalue weighted by Gasteiger charge is 2.43. The highest BCUT2D eigenvalue weighted by Crippen LogP contribution is 2.41. The van der Waals surface area contributed by atoms with Gasteiger partial charge in [0.05, 0.1) is 13.2 Å². The molecule has 1 aliphatic rings. The normalized spacial score (nSPS) is 23.0. The molecular weight excluding hydrogens is 533 g/mol. The molecule has 14 nitrogen and oxygen atoms in total. The molecule has 1 aromatic heterocycles. The van der Waals surface area contributed by atoms with Gasteiger partial charge in [0.2, 0.25) is 7.44 Å². The van der Waals surface area contributed by atoms with Crippen LogP contribution in [0.3, 0.4) is 0 Å². The number of unbranched alkanes of at least 4 members (excludes halogenated alkanes) is 2. The Kier molecular flexibility index (Phi) is 12.7. The van der Waals surface area contributed by atoms with Gasteiger partial charge in [0.1, 0.15) is 36.2 Å². The number of carbonyl (C=O) groups excluding carboxylic acids is 2. The van der Waals surface area contributed by atoms with E-state index in [1.165, 1.54) is 32.2 Å². The van der Waals surface area contributed by atoms with E-state index < -0.39 is 61.7 Å². The van der Waals surface area contributed by atoms with E-state index in [1.807, 2.05) is 13.8 Å². The Hall–Kier alpha value is -2.61. The van der Waals surface area contributed by atoms with Crippen LogP contribution in [-0.4, -0.2) is 75.3 Å². The summed E-state index contributed by atoms with van der Waals surface area (Å²) in [7, 11) is -3.88. The molecule has 6 atom stereocenters. The highest BCUT2D eigenvalue weighted by molar-refractivity contribution is 7.63. The molecule has 1 fully saturated rings. The van der Waals surface area contributed by atoms with E-state index in [1.54, 1.807) is 0 Å². The summed E-state index contributed by atoms with van der Waals surface area (Å²) >= 11 is 0. The Morgan fingerprint density at radius 3 is 2.15 bits per heavy atom. The Morgan fingerprint density at radius 1 is 1.13 bits per heavy atom. The molecule has 2 rings (SSSR count). The Morgan fingerprint density at radius 2 is 1.67 bits per heavy atom. The Labute approximate surface area is 227 Å². The first kappa shape index (κ1) is 32.6. The predicted molar refractivity (Wildman–Crippen MR) is 143 cm³/mol. The maximum atomic E-state index is 13.9. The monoisotopic (exact) mass is 573 g/mol. The minimum atomic E-state index is -3.88. The van der Waals surface area contributed by atoms with Crippen LogP contribution >= 0.6 is 7.44 Å². The van der Waals surface area contributed by atoms with E-state index in [2.05, 4.69) is 15.2 Å². The first-order chi connectivity index (χ1) is 18.4. The number of nitrogens with one attached hydrogen (secondary N) is 2. The van der Waals surface area contributed by atoms with E-state index in [-0.39, 0.29) is 19.0 Å². The molecule has 1 aromatic rings. The number of aromatic nitrogens is 2. The van der Waals surface area contributed by atoms with Gasteiger partial charge >= 0.3 is 17.6 Å². The van der Waals surface area contributed by atoms with Gasteiger partial charge in [0.25, 0.3) is 0 Å². The van der Waals surface area contributed by atoms with E-state index in [0.29, 0.717) is 12.8 Å². The standard InChI is InChI=1S/C24H40N5O9P/c1-5-7-12-36-22(32)15(3)27-39(35,28-16(4)23(33)37-13-8-6-2)14-10-17-19(30)20(31)21(38-17)29-11-9-18(25)26-24(29)34/h9-11,14-17,19-21,30-31H,5-8,12-13H2,1-4H3,(H2,25,26,34)(H2,27,28,35)/b14-10+/t15-,16-,17+,19+,20+,21+/m0/s1. The maximum Gasteiger partial charge on any atom is 0.351 e. The van der Waals surface area contributed by atoms with Gasteiger partial charge in [-0.15, -0.1) is 0 Å². The molecule has 15 heteroatoms. The second-order valence-corrected chi connectivity index (χ2v) is 11.4. The molecule has 0 unspecified atom stereocenters. The van der Waals surface area contributed by atoms with Crippen LogP contribution in [0.15, 0.2) is 29.0 Å². The lowest BCUT2D eigenvalue weighted by Crippen LogP contribution is -2.41. The predicted octanol–water partition coefficient (Wildman–Crippen LogP) is 0.794. The van der Waals surface area contributed by atoms with Crippen molar-refractivity contribution in [3.63, 3.8) is 0 Å². The average Bonchev–Trinajstić information content (AvgIpc) is 3.16. The van der Waals surface area contributed by atoms with Gasteiger partial charge < -0.3 is 30.2 Å². The van der Waals surface area contributed by atoms with E-state index >= 15 is 0 Å². The first-order valence-corrected chi connectivity index (χ1v) is 14.7. The minimum Gasteiger partial charge on any atom is -0.465 e. The van der Waals surface area contributed by atoms with Crippen LogP contribution in [0.5, 0.6) is 0 Å². The zero-order chi connectivity index (χ0) is 29.2. The minimum absolute atomic E-state index is 0.0245. The third-order valence-corrected chi connectivity index (χ3v) is 7.98. The fourth-order valence-corrected chi connectivity index (χ4v) is 5.61. The molecule has 220 valence electrons. The van der Waals surface area contributed by atoms with Gasteiger partial charge in [0, 0.05) is 12.0 Å². The largest absolute Gasteiger partial charge is 0.465 e. The molecule has 0 amide bonds. The van der Waals surface area contributed by atoms with E-state index in [0.717, 1.165) is 23.2 Å². The van der Waals surface area contributed by atoms with Crippen molar-refractivity contribution in [3.05, 3.63) is 34.6 Å². The summed E-state index contributed by atoms with van der Waals surface area (Å²) in [4.78, 5) is 40.6. The molecule has 39 heavy (non-hydrogen) atoms. The molecule has 1 saturated heterocycles. The zero-order valence-corrected chi connectivity index (χ0v) is 23.6. The molecule has 0 saturated carbocycles. The number of aliphatic hydroxyl groups excluding tert-OH is 2. The summed E-state index contributed by atoms with van der Waals surface area (Å²) in [5.41, 5.74) is 4.71. The number of hydrogen-bond acceptors (Lipinski definition) is 11. The molecular formula is C24H40N5O9P. The molecule has 0 spiro atoms. The molecule has 0 aromatic carbocycles. The number of nitrogen functional groups attached to an aromatic ring is 1. The van der Waals surface area contributed by atoms with Crippen molar-refractivity contribution in [1.82, 2.24) is 19.7 Å². The molecule has 1 aliphatic heterocycles. The van der Waals surface area contributed by atoms with Crippen molar-refractivity contribution in [3.8, 4) is 0 Å². The van der Waals surface area contributed by atoms with Crippen LogP contribution in [0, 0.1) is 0 Å². The summed E-state index contributed by atoms with van der Waals surface area (Å²) in [6.45, 7) is 7.22. The third-order valence-electron chi connectivity index (χ3n) is 5.85. The lowest BCUT2D eigenvalue weighted by atomic mass is 10.1. The number of rotatable bonds is 15. The van der Waals surface area contributed by atoms with Crippen molar-refractivity contribution in [2.75, 3.05) is 18.9 Å². The van der Waals surface area contributed by atoms with Crippen LogP contribution in [0.4, 0.5) is 5.82 Å². The summed E-state index contributed by atoms with van der Waals surface area (Å²) in [5, 5.41) is 26.4. The zero-order valence-electron chi connectivity index (χ0n) is 22.7. The Bertz CT molecular complexity index is 1060. The van der Waals surface area contributed by atoms with Crippen molar-refractivity contribution in [2.24, 2.45) is 0 Å². The number of aliphatic hydroxyl groups is 2. The quantitative estimate of drug-likeness (QED) is 0.112. The molecule has 0 bridgehead atoms. The average molecular weight is 574 g/mol. The molecule has 0 aliphatic carbocycles.